The molecule has 2 aromatic heterocycles. The van der Waals surface area contributed by atoms with E-state index in [-0.39, 0.29) is 0 Å². The maximum Gasteiger partial charge on any atom is 0.205 e. The van der Waals surface area contributed by atoms with Crippen LogP contribution in [0.1, 0.15) is 12.5 Å². The van der Waals surface area contributed by atoms with E-state index in [4.69, 9.17) is 16.0 Å². The van der Waals surface area contributed by atoms with Gasteiger partial charge in [-0.25, -0.2) is 0 Å². The molecule has 0 fully saturated rings. The fourth-order valence-electron chi connectivity index (χ4n) is 2.10. The van der Waals surface area contributed by atoms with Crippen molar-refractivity contribution in [3.63, 3.8) is 0 Å². The molecule has 0 N–H and O–H groups in total. The van der Waals surface area contributed by atoms with Crippen LogP contribution in [0, 0.1) is 6.92 Å². The zero-order valence-corrected chi connectivity index (χ0v) is 13.3. The number of halogens is 1. The van der Waals surface area contributed by atoms with E-state index in [0.29, 0.717) is 16.6 Å². The van der Waals surface area contributed by atoms with Crippen LogP contribution in [-0.2, 0) is 0 Å². The molecule has 0 aliphatic heterocycles. The number of hydrogen-bond acceptors (Lipinski definition) is 4. The minimum absolute atomic E-state index is 0.682. The van der Waals surface area contributed by atoms with Gasteiger partial charge in [-0.05, 0) is 42.5 Å². The number of benzene rings is 1. The highest BCUT2D eigenvalue weighted by molar-refractivity contribution is 7.99. The van der Waals surface area contributed by atoms with Gasteiger partial charge in [0, 0.05) is 5.02 Å². The molecule has 0 saturated carbocycles. The lowest BCUT2D eigenvalue weighted by Gasteiger charge is -2.12. The summed E-state index contributed by atoms with van der Waals surface area (Å²) in [6, 6.07) is 9.51. The Kier molecular flexibility index (Phi) is 4.03. The molecule has 0 unspecified atom stereocenters. The zero-order chi connectivity index (χ0) is 14.8. The maximum atomic E-state index is 6.16. The van der Waals surface area contributed by atoms with E-state index >= 15 is 0 Å². The molecule has 0 aliphatic rings. The minimum atomic E-state index is 0.682. The van der Waals surface area contributed by atoms with Gasteiger partial charge in [0.05, 0.1) is 12.0 Å². The van der Waals surface area contributed by atoms with Gasteiger partial charge in [-0.2, -0.15) is 0 Å². The van der Waals surface area contributed by atoms with E-state index in [1.165, 1.54) is 0 Å². The molecular weight excluding hydrogens is 306 g/mol. The minimum Gasteiger partial charge on any atom is -0.461 e. The van der Waals surface area contributed by atoms with Crippen LogP contribution in [0.2, 0.25) is 5.02 Å². The van der Waals surface area contributed by atoms with E-state index < -0.39 is 0 Å². The Labute approximate surface area is 132 Å². The lowest BCUT2D eigenvalue weighted by Crippen LogP contribution is -2.01. The molecule has 0 bridgehead atoms. The fraction of sp³-hybridized carbons (Fsp3) is 0.200. The topological polar surface area (TPSA) is 43.9 Å². The summed E-state index contributed by atoms with van der Waals surface area (Å²) in [6.45, 7) is 4.12. The number of furan rings is 1. The molecule has 21 heavy (non-hydrogen) atoms. The summed E-state index contributed by atoms with van der Waals surface area (Å²) in [4.78, 5) is 0. The molecule has 6 heteroatoms. The van der Waals surface area contributed by atoms with Crippen molar-refractivity contribution in [1.82, 2.24) is 14.8 Å². The van der Waals surface area contributed by atoms with Gasteiger partial charge in [0.2, 0.25) is 5.82 Å². The average molecular weight is 320 g/mol. The first-order valence-corrected chi connectivity index (χ1v) is 7.95. The van der Waals surface area contributed by atoms with Gasteiger partial charge < -0.3 is 4.42 Å². The van der Waals surface area contributed by atoms with Gasteiger partial charge in [0.15, 0.2) is 10.9 Å². The van der Waals surface area contributed by atoms with Gasteiger partial charge in [0.1, 0.15) is 0 Å². The standard InChI is InChI=1S/C15H14ClN3OS/c1-3-21-15-18-17-14(13-5-4-8-20-13)19(15)12-9-11(16)7-6-10(12)2/h4-9H,3H2,1-2H3. The van der Waals surface area contributed by atoms with Gasteiger partial charge in [-0.1, -0.05) is 36.4 Å². The smallest absolute Gasteiger partial charge is 0.205 e. The van der Waals surface area contributed by atoms with Crippen molar-refractivity contribution in [3.05, 3.63) is 47.2 Å². The number of hydrogen-bond donors (Lipinski definition) is 0. The molecule has 3 rings (SSSR count). The molecule has 2 heterocycles. The third-order valence-corrected chi connectivity index (χ3v) is 4.11. The largest absolute Gasteiger partial charge is 0.461 e. The van der Waals surface area contributed by atoms with Crippen molar-refractivity contribution in [3.8, 4) is 17.3 Å². The highest BCUT2D eigenvalue weighted by Crippen LogP contribution is 2.30. The van der Waals surface area contributed by atoms with E-state index in [1.54, 1.807) is 18.0 Å². The number of rotatable bonds is 4. The molecule has 3 aromatic rings. The second-order valence-corrected chi connectivity index (χ2v) is 6.15. The number of aromatic nitrogens is 3. The molecule has 108 valence electrons. The summed E-state index contributed by atoms with van der Waals surface area (Å²) >= 11 is 7.79. The quantitative estimate of drug-likeness (QED) is 0.659. The Morgan fingerprint density at radius 3 is 2.86 bits per heavy atom. The van der Waals surface area contributed by atoms with Crippen molar-refractivity contribution in [2.24, 2.45) is 0 Å². The Bertz CT molecular complexity index is 752. The van der Waals surface area contributed by atoms with Crippen LogP contribution in [0.5, 0.6) is 0 Å². The molecule has 0 amide bonds. The van der Waals surface area contributed by atoms with Gasteiger partial charge in [-0.15, -0.1) is 10.2 Å². The maximum absolute atomic E-state index is 6.16. The number of thioether (sulfide) groups is 1. The van der Waals surface area contributed by atoms with Crippen LogP contribution in [0.25, 0.3) is 17.3 Å². The SMILES string of the molecule is CCSc1nnc(-c2ccco2)n1-c1cc(Cl)ccc1C. The molecule has 0 saturated heterocycles. The molecule has 0 radical (unpaired) electrons. The predicted molar refractivity (Wildman–Crippen MR) is 85.2 cm³/mol. The van der Waals surface area contributed by atoms with Crippen LogP contribution in [0.15, 0.2) is 46.2 Å². The lowest BCUT2D eigenvalue weighted by atomic mass is 10.2. The van der Waals surface area contributed by atoms with Crippen molar-refractivity contribution >= 4 is 23.4 Å². The van der Waals surface area contributed by atoms with Gasteiger partial charge in [0.25, 0.3) is 0 Å². The monoisotopic (exact) mass is 319 g/mol. The van der Waals surface area contributed by atoms with Crippen molar-refractivity contribution in [2.75, 3.05) is 5.75 Å². The number of aryl methyl sites for hydroxylation is 1. The van der Waals surface area contributed by atoms with E-state index in [9.17, 15) is 0 Å². The van der Waals surface area contributed by atoms with Crippen LogP contribution >= 0.6 is 23.4 Å². The second-order valence-electron chi connectivity index (χ2n) is 4.48. The summed E-state index contributed by atoms with van der Waals surface area (Å²) < 4.78 is 7.47. The third kappa shape index (κ3) is 2.71. The van der Waals surface area contributed by atoms with Gasteiger partial charge in [-0.3, -0.25) is 4.57 Å². The first kappa shape index (κ1) is 14.2. The second kappa shape index (κ2) is 5.95. The average Bonchev–Trinajstić information content (AvgIpc) is 3.11. The van der Waals surface area contributed by atoms with E-state index in [2.05, 4.69) is 17.1 Å². The van der Waals surface area contributed by atoms with Crippen molar-refractivity contribution in [2.45, 2.75) is 19.0 Å². The Balaban J connectivity index is 2.23. The van der Waals surface area contributed by atoms with Crippen LogP contribution in [0.4, 0.5) is 0 Å². The fourth-order valence-corrected chi connectivity index (χ4v) is 2.94. The van der Waals surface area contributed by atoms with Gasteiger partial charge >= 0.3 is 0 Å². The van der Waals surface area contributed by atoms with Crippen molar-refractivity contribution in [1.29, 1.82) is 0 Å². The normalized spacial score (nSPS) is 11.0. The summed E-state index contributed by atoms with van der Waals surface area (Å²) in [7, 11) is 0. The van der Waals surface area contributed by atoms with Crippen molar-refractivity contribution < 1.29 is 4.42 Å². The summed E-state index contributed by atoms with van der Waals surface area (Å²) in [5.74, 6) is 2.28. The Morgan fingerprint density at radius 2 is 2.14 bits per heavy atom. The molecular formula is C15H14ClN3OS. The Morgan fingerprint density at radius 1 is 1.29 bits per heavy atom. The molecule has 4 nitrogen and oxygen atoms in total. The molecule has 0 aliphatic carbocycles. The third-order valence-electron chi connectivity index (χ3n) is 3.06. The molecule has 0 spiro atoms. The summed E-state index contributed by atoms with van der Waals surface area (Å²) in [6.07, 6.45) is 1.63. The first-order valence-electron chi connectivity index (χ1n) is 6.59. The molecule has 0 atom stereocenters. The number of nitrogens with zero attached hydrogens (tertiary/aromatic N) is 3. The summed E-state index contributed by atoms with van der Waals surface area (Å²) in [5.41, 5.74) is 2.07. The highest BCUT2D eigenvalue weighted by atomic mass is 35.5. The van der Waals surface area contributed by atoms with Crippen LogP contribution in [0.3, 0.4) is 0 Å². The molecule has 1 aromatic carbocycles. The first-order chi connectivity index (χ1) is 10.2. The van der Waals surface area contributed by atoms with E-state index in [0.717, 1.165) is 22.2 Å². The lowest BCUT2D eigenvalue weighted by molar-refractivity contribution is 0.575. The summed E-state index contributed by atoms with van der Waals surface area (Å²) in [5, 5.41) is 10.1. The highest BCUT2D eigenvalue weighted by Gasteiger charge is 2.19. The Hall–Kier alpha value is -1.72. The van der Waals surface area contributed by atoms with Crippen LogP contribution < -0.4 is 0 Å². The zero-order valence-electron chi connectivity index (χ0n) is 11.7. The predicted octanol–water partition coefficient (Wildman–Crippen LogP) is 4.60. The van der Waals surface area contributed by atoms with E-state index in [1.807, 2.05) is 41.8 Å². The van der Waals surface area contributed by atoms with Crippen LogP contribution in [-0.4, -0.2) is 20.5 Å².